The summed E-state index contributed by atoms with van der Waals surface area (Å²) in [6.07, 6.45) is 0. The van der Waals surface area contributed by atoms with Gasteiger partial charge in [0.2, 0.25) is 5.91 Å². The number of amides is 1. The average molecular weight is 264 g/mol. The zero-order chi connectivity index (χ0) is 13.9. The molecule has 0 aliphatic rings. The number of benzene rings is 1. The van der Waals surface area contributed by atoms with Crippen LogP contribution in [0.1, 0.15) is 0 Å². The Morgan fingerprint density at radius 1 is 1.37 bits per heavy atom. The van der Waals surface area contributed by atoms with Gasteiger partial charge in [-0.3, -0.25) is 4.79 Å². The van der Waals surface area contributed by atoms with Crippen LogP contribution in [0.25, 0.3) is 0 Å². The molecular weight excluding hydrogens is 248 g/mol. The molecule has 1 aromatic rings. The standard InChI is InChI=1S/C13H16N2O4/c1-17-8-9-18-10-13(16)15-11-4-2-3-5-12(11)19-7-6-14/h2-5H,7-10H2,1H3,(H,15,16). The normalized spacial score (nSPS) is 9.68. The number of nitrogens with one attached hydrogen (secondary N) is 1. The summed E-state index contributed by atoms with van der Waals surface area (Å²) < 4.78 is 15.1. The van der Waals surface area contributed by atoms with Gasteiger partial charge in [0.1, 0.15) is 18.4 Å². The van der Waals surface area contributed by atoms with Gasteiger partial charge in [0.15, 0.2) is 6.61 Å². The summed E-state index contributed by atoms with van der Waals surface area (Å²) in [7, 11) is 1.56. The van der Waals surface area contributed by atoms with E-state index in [4.69, 9.17) is 19.5 Å². The van der Waals surface area contributed by atoms with Crippen LogP contribution < -0.4 is 10.1 Å². The molecule has 0 bridgehead atoms. The van der Waals surface area contributed by atoms with Crippen molar-refractivity contribution in [2.24, 2.45) is 0 Å². The third kappa shape index (κ3) is 5.86. The van der Waals surface area contributed by atoms with E-state index in [9.17, 15) is 4.79 Å². The number of hydrogen-bond donors (Lipinski definition) is 1. The van der Waals surface area contributed by atoms with Crippen molar-refractivity contribution in [1.82, 2.24) is 0 Å². The summed E-state index contributed by atoms with van der Waals surface area (Å²) in [5, 5.41) is 11.1. The molecule has 6 nitrogen and oxygen atoms in total. The van der Waals surface area contributed by atoms with Crippen molar-refractivity contribution in [3.8, 4) is 11.8 Å². The third-order valence-corrected chi connectivity index (χ3v) is 2.12. The highest BCUT2D eigenvalue weighted by atomic mass is 16.5. The van der Waals surface area contributed by atoms with Gasteiger partial charge in [0.05, 0.1) is 18.9 Å². The minimum absolute atomic E-state index is 0.0596. The van der Waals surface area contributed by atoms with E-state index in [2.05, 4.69) is 5.32 Å². The van der Waals surface area contributed by atoms with E-state index in [-0.39, 0.29) is 19.1 Å². The summed E-state index contributed by atoms with van der Waals surface area (Å²) in [5.74, 6) is 0.165. The molecule has 6 heteroatoms. The molecule has 1 N–H and O–H groups in total. The highest BCUT2D eigenvalue weighted by Crippen LogP contribution is 2.23. The molecular formula is C13H16N2O4. The van der Waals surface area contributed by atoms with Crippen LogP contribution in [0.15, 0.2) is 24.3 Å². The summed E-state index contributed by atoms with van der Waals surface area (Å²) >= 11 is 0. The molecule has 0 saturated carbocycles. The van der Waals surface area contributed by atoms with Gasteiger partial charge in [-0.05, 0) is 12.1 Å². The zero-order valence-corrected chi connectivity index (χ0v) is 10.7. The second-order valence-electron chi connectivity index (χ2n) is 3.54. The molecule has 19 heavy (non-hydrogen) atoms. The van der Waals surface area contributed by atoms with Gasteiger partial charge < -0.3 is 19.5 Å². The Morgan fingerprint density at radius 2 is 2.16 bits per heavy atom. The first-order chi connectivity index (χ1) is 9.27. The lowest BCUT2D eigenvalue weighted by molar-refractivity contribution is -0.121. The highest BCUT2D eigenvalue weighted by Gasteiger charge is 2.07. The summed E-state index contributed by atoms with van der Waals surface area (Å²) in [5.41, 5.74) is 0.512. The molecule has 1 rings (SSSR count). The van der Waals surface area contributed by atoms with Crippen LogP contribution in [0.3, 0.4) is 0 Å². The quantitative estimate of drug-likeness (QED) is 0.713. The van der Waals surface area contributed by atoms with E-state index in [0.717, 1.165) is 0 Å². The van der Waals surface area contributed by atoms with Crippen molar-refractivity contribution in [1.29, 1.82) is 5.26 Å². The van der Waals surface area contributed by atoms with E-state index in [1.807, 2.05) is 6.07 Å². The van der Waals surface area contributed by atoms with Crippen LogP contribution in [-0.2, 0) is 14.3 Å². The van der Waals surface area contributed by atoms with Crippen molar-refractivity contribution in [2.45, 2.75) is 0 Å². The van der Waals surface area contributed by atoms with Crippen LogP contribution in [0.2, 0.25) is 0 Å². The van der Waals surface area contributed by atoms with E-state index < -0.39 is 0 Å². The smallest absolute Gasteiger partial charge is 0.250 e. The monoisotopic (exact) mass is 264 g/mol. The van der Waals surface area contributed by atoms with Crippen molar-refractivity contribution in [3.63, 3.8) is 0 Å². The van der Waals surface area contributed by atoms with Crippen LogP contribution >= 0.6 is 0 Å². The van der Waals surface area contributed by atoms with Gasteiger partial charge in [-0.2, -0.15) is 5.26 Å². The van der Waals surface area contributed by atoms with Crippen molar-refractivity contribution < 1.29 is 19.0 Å². The average Bonchev–Trinajstić information content (AvgIpc) is 2.43. The maximum absolute atomic E-state index is 11.6. The molecule has 0 aliphatic heterocycles. The lowest BCUT2D eigenvalue weighted by Crippen LogP contribution is -2.20. The number of para-hydroxylation sites is 2. The molecule has 0 aromatic heterocycles. The predicted octanol–water partition coefficient (Wildman–Crippen LogP) is 1.19. The van der Waals surface area contributed by atoms with E-state index in [1.165, 1.54) is 0 Å². The molecule has 0 atom stereocenters. The van der Waals surface area contributed by atoms with Crippen molar-refractivity contribution in [2.75, 3.05) is 38.9 Å². The van der Waals surface area contributed by atoms with Crippen LogP contribution in [0, 0.1) is 11.3 Å². The molecule has 0 spiro atoms. The first-order valence-electron chi connectivity index (χ1n) is 5.73. The maximum Gasteiger partial charge on any atom is 0.250 e. The number of nitrogens with zero attached hydrogens (tertiary/aromatic N) is 1. The Morgan fingerprint density at radius 3 is 2.89 bits per heavy atom. The van der Waals surface area contributed by atoms with Crippen LogP contribution in [0.5, 0.6) is 5.75 Å². The number of anilines is 1. The topological polar surface area (TPSA) is 80.6 Å². The van der Waals surface area contributed by atoms with E-state index in [0.29, 0.717) is 24.7 Å². The van der Waals surface area contributed by atoms with Gasteiger partial charge in [-0.15, -0.1) is 0 Å². The summed E-state index contributed by atoms with van der Waals surface area (Å²) in [6.45, 7) is 0.665. The predicted molar refractivity (Wildman–Crippen MR) is 68.9 cm³/mol. The number of ether oxygens (including phenoxy) is 3. The Bertz CT molecular complexity index is 443. The van der Waals surface area contributed by atoms with Gasteiger partial charge in [0, 0.05) is 7.11 Å². The van der Waals surface area contributed by atoms with Gasteiger partial charge in [-0.25, -0.2) is 0 Å². The lowest BCUT2D eigenvalue weighted by atomic mass is 10.3. The zero-order valence-electron chi connectivity index (χ0n) is 10.7. The first-order valence-corrected chi connectivity index (χ1v) is 5.73. The molecule has 102 valence electrons. The largest absolute Gasteiger partial charge is 0.477 e. The molecule has 1 amide bonds. The fraction of sp³-hybridized carbons (Fsp3) is 0.385. The van der Waals surface area contributed by atoms with Gasteiger partial charge in [-0.1, -0.05) is 12.1 Å². The number of hydrogen-bond acceptors (Lipinski definition) is 5. The van der Waals surface area contributed by atoms with Crippen molar-refractivity contribution in [3.05, 3.63) is 24.3 Å². The Hall–Kier alpha value is -2.10. The number of nitriles is 1. The molecule has 0 heterocycles. The second kappa shape index (κ2) is 8.91. The first kappa shape index (κ1) is 15.0. The number of carbonyl (C=O) groups is 1. The SMILES string of the molecule is COCCOCC(=O)Nc1ccccc1OCC#N. The molecule has 0 radical (unpaired) electrons. The Labute approximate surface area is 111 Å². The van der Waals surface area contributed by atoms with Crippen LogP contribution in [-0.4, -0.2) is 39.4 Å². The highest BCUT2D eigenvalue weighted by molar-refractivity contribution is 5.93. The van der Waals surface area contributed by atoms with Crippen LogP contribution in [0.4, 0.5) is 5.69 Å². The molecule has 1 aromatic carbocycles. The molecule has 0 fully saturated rings. The molecule has 0 saturated heterocycles. The molecule has 0 aliphatic carbocycles. The minimum atomic E-state index is -0.288. The van der Waals surface area contributed by atoms with E-state index >= 15 is 0 Å². The lowest BCUT2D eigenvalue weighted by Gasteiger charge is -2.10. The Balaban J connectivity index is 2.47. The fourth-order valence-corrected chi connectivity index (χ4v) is 1.30. The number of rotatable bonds is 8. The fourth-order valence-electron chi connectivity index (χ4n) is 1.30. The number of methoxy groups -OCH3 is 1. The maximum atomic E-state index is 11.6. The Kier molecular flexibility index (Phi) is 7.02. The minimum Gasteiger partial charge on any atom is -0.477 e. The number of carbonyl (C=O) groups excluding carboxylic acids is 1. The summed E-state index contributed by atoms with van der Waals surface area (Å²) in [6, 6.07) is 8.77. The van der Waals surface area contributed by atoms with E-state index in [1.54, 1.807) is 31.4 Å². The van der Waals surface area contributed by atoms with Gasteiger partial charge in [0.25, 0.3) is 0 Å². The summed E-state index contributed by atoms with van der Waals surface area (Å²) in [4.78, 5) is 11.6. The van der Waals surface area contributed by atoms with Crippen molar-refractivity contribution >= 4 is 11.6 Å². The molecule has 0 unspecified atom stereocenters. The van der Waals surface area contributed by atoms with Gasteiger partial charge >= 0.3 is 0 Å². The third-order valence-electron chi connectivity index (χ3n) is 2.12. The second-order valence-corrected chi connectivity index (χ2v) is 3.54.